The average molecular weight is 215 g/mol. The van der Waals surface area contributed by atoms with Gasteiger partial charge in [0.25, 0.3) is 0 Å². The summed E-state index contributed by atoms with van der Waals surface area (Å²) in [7, 11) is 0. The Hall–Kier alpha value is -0.610. The van der Waals surface area contributed by atoms with E-state index in [2.05, 4.69) is 19.2 Å². The first-order chi connectivity index (χ1) is 7.08. The van der Waals surface area contributed by atoms with Crippen LogP contribution in [0.1, 0.15) is 33.6 Å². The van der Waals surface area contributed by atoms with Crippen molar-refractivity contribution in [3.05, 3.63) is 0 Å². The Labute approximate surface area is 91.3 Å². The van der Waals surface area contributed by atoms with Gasteiger partial charge in [-0.25, -0.2) is 0 Å². The summed E-state index contributed by atoms with van der Waals surface area (Å²) in [5.41, 5.74) is 0.00644. The van der Waals surface area contributed by atoms with Crippen LogP contribution in [0.4, 0.5) is 0 Å². The molecule has 0 unspecified atom stereocenters. The lowest BCUT2D eigenvalue weighted by Gasteiger charge is -2.28. The summed E-state index contributed by atoms with van der Waals surface area (Å²) in [6.07, 6.45) is 1.63. The van der Waals surface area contributed by atoms with Crippen molar-refractivity contribution >= 4 is 5.97 Å². The molecule has 0 aromatic heterocycles. The minimum absolute atomic E-state index is 0.00644. The average Bonchev–Trinajstić information content (AvgIpc) is 2.48. The molecule has 4 nitrogen and oxygen atoms in total. The Bertz CT molecular complexity index is 220. The highest BCUT2D eigenvalue weighted by molar-refractivity contribution is 5.69. The first kappa shape index (κ1) is 12.5. The third-order valence-corrected chi connectivity index (χ3v) is 3.05. The second-order valence-corrected chi connectivity index (χ2v) is 4.16. The second-order valence-electron chi connectivity index (χ2n) is 4.16. The van der Waals surface area contributed by atoms with Crippen molar-refractivity contribution in [2.45, 2.75) is 45.3 Å². The zero-order chi connectivity index (χ0) is 11.3. The molecule has 0 bridgehead atoms. The maximum atomic E-state index is 11.1. The molecule has 15 heavy (non-hydrogen) atoms. The molecular formula is C11H21NO3. The molecule has 0 aromatic carbocycles. The predicted molar refractivity (Wildman–Crippen MR) is 57.7 cm³/mol. The fourth-order valence-corrected chi connectivity index (χ4v) is 1.75. The smallest absolute Gasteiger partial charge is 0.307 e. The van der Waals surface area contributed by atoms with Gasteiger partial charge in [0, 0.05) is 18.7 Å². The summed E-state index contributed by atoms with van der Waals surface area (Å²) in [6.45, 7) is 7.92. The van der Waals surface area contributed by atoms with Crippen LogP contribution in [0.15, 0.2) is 0 Å². The Morgan fingerprint density at radius 3 is 2.93 bits per heavy atom. The number of rotatable bonds is 5. The highest BCUT2D eigenvalue weighted by atomic mass is 16.5. The first-order valence-corrected chi connectivity index (χ1v) is 5.61. The van der Waals surface area contributed by atoms with E-state index in [9.17, 15) is 4.79 Å². The van der Waals surface area contributed by atoms with Gasteiger partial charge in [0.15, 0.2) is 0 Å². The number of ether oxygens (including phenoxy) is 2. The normalized spacial score (nSPS) is 30.5. The van der Waals surface area contributed by atoms with Crippen LogP contribution in [-0.4, -0.2) is 37.4 Å². The fraction of sp³-hybridized carbons (Fsp3) is 0.909. The highest BCUT2D eigenvalue weighted by Gasteiger charge is 2.36. The van der Waals surface area contributed by atoms with E-state index in [1.807, 2.05) is 6.92 Å². The van der Waals surface area contributed by atoms with Gasteiger partial charge in [-0.1, -0.05) is 0 Å². The second kappa shape index (κ2) is 5.47. The van der Waals surface area contributed by atoms with E-state index < -0.39 is 0 Å². The molecule has 2 atom stereocenters. The number of hydrogen-bond acceptors (Lipinski definition) is 4. The maximum absolute atomic E-state index is 11.1. The van der Waals surface area contributed by atoms with Gasteiger partial charge in [-0.3, -0.25) is 4.79 Å². The molecular weight excluding hydrogens is 194 g/mol. The molecule has 0 spiro atoms. The number of carbonyl (C=O) groups excluding carboxylic acids is 1. The highest BCUT2D eigenvalue weighted by Crippen LogP contribution is 2.24. The van der Waals surface area contributed by atoms with Gasteiger partial charge < -0.3 is 14.8 Å². The largest absolute Gasteiger partial charge is 0.466 e. The molecule has 0 aromatic rings. The topological polar surface area (TPSA) is 47.6 Å². The van der Waals surface area contributed by atoms with Gasteiger partial charge in [-0.2, -0.15) is 0 Å². The standard InChI is InChI=1S/C11H21NO3/c1-4-14-10(13)5-7-12-11(3)6-8-15-9(11)2/h9,12H,4-8H2,1-3H3/t9-,11+/m0/s1. The van der Waals surface area contributed by atoms with Crippen molar-refractivity contribution in [1.82, 2.24) is 5.32 Å². The van der Waals surface area contributed by atoms with E-state index in [1.54, 1.807) is 0 Å². The van der Waals surface area contributed by atoms with Crippen molar-refractivity contribution in [3.8, 4) is 0 Å². The summed E-state index contributed by atoms with van der Waals surface area (Å²) in [5, 5.41) is 3.37. The number of carbonyl (C=O) groups is 1. The van der Waals surface area contributed by atoms with E-state index in [0.717, 1.165) is 13.0 Å². The summed E-state index contributed by atoms with van der Waals surface area (Å²) in [4.78, 5) is 11.1. The molecule has 0 saturated carbocycles. The van der Waals surface area contributed by atoms with E-state index in [0.29, 0.717) is 19.6 Å². The summed E-state index contributed by atoms with van der Waals surface area (Å²) in [5.74, 6) is -0.139. The zero-order valence-electron chi connectivity index (χ0n) is 9.84. The van der Waals surface area contributed by atoms with Gasteiger partial charge in [0.1, 0.15) is 0 Å². The molecule has 1 aliphatic heterocycles. The molecule has 1 fully saturated rings. The van der Waals surface area contributed by atoms with Gasteiger partial charge in [-0.15, -0.1) is 0 Å². The molecule has 1 N–H and O–H groups in total. The van der Waals surface area contributed by atoms with Crippen LogP contribution >= 0.6 is 0 Å². The third-order valence-electron chi connectivity index (χ3n) is 3.05. The number of hydrogen-bond donors (Lipinski definition) is 1. The molecule has 0 aliphatic carbocycles. The molecule has 0 amide bonds. The third kappa shape index (κ3) is 3.47. The molecule has 1 heterocycles. The lowest BCUT2D eigenvalue weighted by molar-refractivity contribution is -0.143. The zero-order valence-corrected chi connectivity index (χ0v) is 9.84. The van der Waals surface area contributed by atoms with E-state index in [-0.39, 0.29) is 17.6 Å². The van der Waals surface area contributed by atoms with Crippen molar-refractivity contribution in [2.75, 3.05) is 19.8 Å². The van der Waals surface area contributed by atoms with Crippen LogP contribution in [0, 0.1) is 0 Å². The van der Waals surface area contributed by atoms with Crippen molar-refractivity contribution < 1.29 is 14.3 Å². The van der Waals surface area contributed by atoms with Crippen LogP contribution in [0.5, 0.6) is 0 Å². The Balaban J connectivity index is 2.22. The quantitative estimate of drug-likeness (QED) is 0.698. The fourth-order valence-electron chi connectivity index (χ4n) is 1.75. The van der Waals surface area contributed by atoms with E-state index in [1.165, 1.54) is 0 Å². The molecule has 1 saturated heterocycles. The minimum atomic E-state index is -0.139. The Morgan fingerprint density at radius 1 is 1.67 bits per heavy atom. The summed E-state index contributed by atoms with van der Waals surface area (Å²) >= 11 is 0. The van der Waals surface area contributed by atoms with Crippen molar-refractivity contribution in [1.29, 1.82) is 0 Å². The van der Waals surface area contributed by atoms with Crippen LogP contribution < -0.4 is 5.32 Å². The Morgan fingerprint density at radius 2 is 2.40 bits per heavy atom. The van der Waals surface area contributed by atoms with Gasteiger partial charge in [0.05, 0.1) is 19.1 Å². The van der Waals surface area contributed by atoms with Gasteiger partial charge >= 0.3 is 5.97 Å². The molecule has 88 valence electrons. The van der Waals surface area contributed by atoms with Crippen LogP contribution in [0.3, 0.4) is 0 Å². The van der Waals surface area contributed by atoms with Gasteiger partial charge in [-0.05, 0) is 27.2 Å². The van der Waals surface area contributed by atoms with Crippen molar-refractivity contribution in [3.63, 3.8) is 0 Å². The molecule has 4 heteroatoms. The number of esters is 1. The van der Waals surface area contributed by atoms with E-state index in [4.69, 9.17) is 9.47 Å². The van der Waals surface area contributed by atoms with Crippen LogP contribution in [0.2, 0.25) is 0 Å². The lowest BCUT2D eigenvalue weighted by Crippen LogP contribution is -2.48. The van der Waals surface area contributed by atoms with Crippen molar-refractivity contribution in [2.24, 2.45) is 0 Å². The summed E-state index contributed by atoms with van der Waals surface area (Å²) in [6, 6.07) is 0. The predicted octanol–water partition coefficient (Wildman–Crippen LogP) is 1.10. The van der Waals surface area contributed by atoms with Gasteiger partial charge in [0.2, 0.25) is 0 Å². The van der Waals surface area contributed by atoms with E-state index >= 15 is 0 Å². The minimum Gasteiger partial charge on any atom is -0.466 e. The maximum Gasteiger partial charge on any atom is 0.307 e. The monoisotopic (exact) mass is 215 g/mol. The van der Waals surface area contributed by atoms with Crippen LogP contribution in [0.25, 0.3) is 0 Å². The van der Waals surface area contributed by atoms with Crippen LogP contribution in [-0.2, 0) is 14.3 Å². The molecule has 0 radical (unpaired) electrons. The first-order valence-electron chi connectivity index (χ1n) is 5.61. The molecule has 1 aliphatic rings. The summed E-state index contributed by atoms with van der Waals surface area (Å²) < 4.78 is 10.4. The Kier molecular flexibility index (Phi) is 4.54. The SMILES string of the molecule is CCOC(=O)CCN[C@]1(C)CCO[C@H]1C. The lowest BCUT2D eigenvalue weighted by atomic mass is 9.94. The molecule has 1 rings (SSSR count). The number of nitrogens with one attached hydrogen (secondary N) is 1.